The first-order valence-electron chi connectivity index (χ1n) is 4.97. The van der Waals surface area contributed by atoms with E-state index in [9.17, 15) is 30.7 Å². The van der Waals surface area contributed by atoms with Gasteiger partial charge in [-0.25, -0.2) is 4.39 Å². The van der Waals surface area contributed by atoms with Gasteiger partial charge in [-0.2, -0.15) is 26.3 Å². The van der Waals surface area contributed by atoms with Crippen LogP contribution in [0, 0.1) is 0 Å². The average molecular weight is 285 g/mol. The van der Waals surface area contributed by atoms with Crippen LogP contribution in [0.4, 0.5) is 30.7 Å². The van der Waals surface area contributed by atoms with E-state index in [-0.39, 0.29) is 5.39 Å². The van der Waals surface area contributed by atoms with Gasteiger partial charge in [0.25, 0.3) is 0 Å². The number of fused-ring (bicyclic) bond motifs is 1. The van der Waals surface area contributed by atoms with Crippen LogP contribution in [-0.2, 0) is 5.67 Å². The van der Waals surface area contributed by atoms with E-state index in [0.29, 0.717) is 17.6 Å². The number of benzene rings is 1. The van der Waals surface area contributed by atoms with Crippen molar-refractivity contribution in [1.82, 2.24) is 4.98 Å². The molecule has 0 aliphatic carbocycles. The monoisotopic (exact) mass is 285 g/mol. The van der Waals surface area contributed by atoms with Gasteiger partial charge < -0.3 is 4.98 Å². The summed E-state index contributed by atoms with van der Waals surface area (Å²) >= 11 is 0. The first-order chi connectivity index (χ1) is 8.57. The molecular weight excluding hydrogens is 279 g/mol. The first kappa shape index (κ1) is 13.7. The van der Waals surface area contributed by atoms with E-state index < -0.39 is 23.6 Å². The minimum atomic E-state index is -6.09. The van der Waals surface area contributed by atoms with E-state index in [1.165, 1.54) is 12.3 Å². The van der Waals surface area contributed by atoms with Crippen LogP contribution in [0.15, 0.2) is 30.5 Å². The molecule has 0 aliphatic heterocycles. The van der Waals surface area contributed by atoms with Crippen molar-refractivity contribution in [3.8, 4) is 0 Å². The van der Waals surface area contributed by atoms with E-state index in [4.69, 9.17) is 0 Å². The number of halogens is 7. The molecular formula is C11H6F7N. The Balaban J connectivity index is 2.68. The van der Waals surface area contributed by atoms with Gasteiger partial charge >= 0.3 is 18.0 Å². The Hall–Kier alpha value is -1.73. The molecule has 1 aromatic carbocycles. The van der Waals surface area contributed by atoms with E-state index in [0.717, 1.165) is 6.07 Å². The van der Waals surface area contributed by atoms with E-state index in [1.54, 1.807) is 0 Å². The third kappa shape index (κ3) is 1.95. The fourth-order valence-corrected chi connectivity index (χ4v) is 1.76. The maximum Gasteiger partial charge on any atom is 0.435 e. The molecule has 0 saturated carbocycles. The molecule has 0 aliphatic rings. The van der Waals surface area contributed by atoms with Gasteiger partial charge in [-0.15, -0.1) is 0 Å². The molecule has 1 nitrogen and oxygen atoms in total. The number of hydrogen-bond acceptors (Lipinski definition) is 0. The number of aromatic nitrogens is 1. The fourth-order valence-electron chi connectivity index (χ4n) is 1.76. The topological polar surface area (TPSA) is 15.8 Å². The zero-order valence-electron chi connectivity index (χ0n) is 9.03. The lowest BCUT2D eigenvalue weighted by Gasteiger charge is -2.30. The molecule has 2 aromatic rings. The summed E-state index contributed by atoms with van der Waals surface area (Å²) in [4.78, 5) is 2.59. The summed E-state index contributed by atoms with van der Waals surface area (Å²) in [5.74, 6) is 0. The average Bonchev–Trinajstić information content (AvgIpc) is 2.71. The highest BCUT2D eigenvalue weighted by Gasteiger charge is 2.73. The van der Waals surface area contributed by atoms with Crippen molar-refractivity contribution in [2.24, 2.45) is 0 Å². The van der Waals surface area contributed by atoms with Crippen molar-refractivity contribution >= 4 is 10.9 Å². The van der Waals surface area contributed by atoms with Gasteiger partial charge in [0.2, 0.25) is 0 Å². The van der Waals surface area contributed by atoms with Crippen molar-refractivity contribution in [3.63, 3.8) is 0 Å². The number of aromatic amines is 1. The molecule has 0 atom stereocenters. The van der Waals surface area contributed by atoms with Crippen LogP contribution < -0.4 is 0 Å². The van der Waals surface area contributed by atoms with Crippen LogP contribution in [-0.4, -0.2) is 17.3 Å². The standard InChI is InChI=1S/C11H6F7N/c12-9(10(13,14)15,11(16,17)18)7-1-2-8-6(5-7)3-4-19-8/h1-5,19H. The van der Waals surface area contributed by atoms with Crippen LogP contribution in [0.3, 0.4) is 0 Å². The highest BCUT2D eigenvalue weighted by Crippen LogP contribution is 2.53. The van der Waals surface area contributed by atoms with Crippen molar-refractivity contribution in [1.29, 1.82) is 0 Å². The molecule has 1 aromatic heterocycles. The number of H-pyrrole nitrogens is 1. The largest absolute Gasteiger partial charge is 0.435 e. The van der Waals surface area contributed by atoms with E-state index >= 15 is 0 Å². The summed E-state index contributed by atoms with van der Waals surface area (Å²) in [7, 11) is 0. The van der Waals surface area contributed by atoms with Crippen LogP contribution in [0.25, 0.3) is 10.9 Å². The molecule has 1 N–H and O–H groups in total. The van der Waals surface area contributed by atoms with Gasteiger partial charge in [-0.05, 0) is 23.6 Å². The predicted octanol–water partition coefficient (Wildman–Crippen LogP) is 4.46. The predicted molar refractivity (Wildman–Crippen MR) is 53.2 cm³/mol. The SMILES string of the molecule is FC(F)(F)C(F)(c1ccc2[nH]ccc2c1)C(F)(F)F. The van der Waals surface area contributed by atoms with Crippen LogP contribution in [0.1, 0.15) is 5.56 Å². The first-order valence-corrected chi connectivity index (χ1v) is 4.97. The molecule has 0 amide bonds. The second kappa shape index (κ2) is 3.88. The fraction of sp³-hybridized carbons (Fsp3) is 0.273. The maximum atomic E-state index is 13.7. The minimum Gasteiger partial charge on any atom is -0.361 e. The summed E-state index contributed by atoms with van der Waals surface area (Å²) in [6.07, 6.45) is -10.8. The molecule has 0 fully saturated rings. The van der Waals surface area contributed by atoms with Crippen LogP contribution in [0.5, 0.6) is 0 Å². The van der Waals surface area contributed by atoms with Crippen LogP contribution in [0.2, 0.25) is 0 Å². The molecule has 0 saturated heterocycles. The Kier molecular flexibility index (Phi) is 2.80. The van der Waals surface area contributed by atoms with Crippen molar-refractivity contribution < 1.29 is 30.7 Å². The molecule has 19 heavy (non-hydrogen) atoms. The lowest BCUT2D eigenvalue weighted by atomic mass is 9.93. The molecule has 8 heteroatoms. The van der Waals surface area contributed by atoms with Gasteiger partial charge in [0.15, 0.2) is 0 Å². The molecule has 0 bridgehead atoms. The van der Waals surface area contributed by atoms with Gasteiger partial charge in [0, 0.05) is 17.3 Å². The Morgan fingerprint density at radius 3 is 1.89 bits per heavy atom. The van der Waals surface area contributed by atoms with Crippen molar-refractivity contribution in [2.75, 3.05) is 0 Å². The Labute approximate surface area is 102 Å². The lowest BCUT2D eigenvalue weighted by molar-refractivity contribution is -0.348. The van der Waals surface area contributed by atoms with Crippen molar-refractivity contribution in [2.45, 2.75) is 18.0 Å². The van der Waals surface area contributed by atoms with Crippen LogP contribution >= 0.6 is 0 Å². The van der Waals surface area contributed by atoms with E-state index in [1.807, 2.05) is 0 Å². The Morgan fingerprint density at radius 2 is 1.37 bits per heavy atom. The summed E-state index contributed by atoms with van der Waals surface area (Å²) < 4.78 is 88.8. The summed E-state index contributed by atoms with van der Waals surface area (Å²) in [6.45, 7) is 0. The van der Waals surface area contributed by atoms with E-state index in [2.05, 4.69) is 4.98 Å². The molecule has 104 valence electrons. The van der Waals surface area contributed by atoms with Gasteiger partial charge in [-0.1, -0.05) is 6.07 Å². The number of alkyl halides is 7. The zero-order valence-corrected chi connectivity index (χ0v) is 9.03. The second-order valence-electron chi connectivity index (χ2n) is 3.93. The summed E-state index contributed by atoms with van der Waals surface area (Å²) in [5, 5.41) is 0.0630. The third-order valence-corrected chi connectivity index (χ3v) is 2.73. The van der Waals surface area contributed by atoms with Crippen molar-refractivity contribution in [3.05, 3.63) is 36.0 Å². The Morgan fingerprint density at radius 1 is 0.789 bits per heavy atom. The molecule has 1 heterocycles. The maximum absolute atomic E-state index is 13.7. The molecule has 0 spiro atoms. The number of hydrogen-bond donors (Lipinski definition) is 1. The molecule has 0 radical (unpaired) electrons. The molecule has 2 rings (SSSR count). The molecule has 0 unspecified atom stereocenters. The summed E-state index contributed by atoms with van der Waals surface area (Å²) in [6, 6.07) is 3.23. The van der Waals surface area contributed by atoms with Gasteiger partial charge in [-0.3, -0.25) is 0 Å². The minimum absolute atomic E-state index is 0.0630. The normalized spacial score (nSPS) is 14.1. The van der Waals surface area contributed by atoms with Gasteiger partial charge in [0.05, 0.1) is 0 Å². The number of nitrogens with one attached hydrogen (secondary N) is 1. The zero-order chi connectivity index (χ0) is 14.5. The third-order valence-electron chi connectivity index (χ3n) is 2.73. The smallest absolute Gasteiger partial charge is 0.361 e. The quantitative estimate of drug-likeness (QED) is 0.745. The summed E-state index contributed by atoms with van der Waals surface area (Å²) in [5.41, 5.74) is -6.55. The second-order valence-corrected chi connectivity index (χ2v) is 3.93. The Bertz CT molecular complexity index is 579. The van der Waals surface area contributed by atoms with Gasteiger partial charge in [0.1, 0.15) is 0 Å². The highest BCUT2D eigenvalue weighted by molar-refractivity contribution is 5.80. The number of rotatable bonds is 1. The highest BCUT2D eigenvalue weighted by atomic mass is 19.4. The lowest BCUT2D eigenvalue weighted by Crippen LogP contribution is -2.50.